The zero-order valence-electron chi connectivity index (χ0n) is 21.3. The molecule has 9 nitrogen and oxygen atoms in total. The third kappa shape index (κ3) is 7.55. The fraction of sp³-hybridized carbons (Fsp3) is 0.310. The minimum Gasteiger partial charge on any atom is -0.507 e. The van der Waals surface area contributed by atoms with E-state index in [1.54, 1.807) is 47.6 Å². The van der Waals surface area contributed by atoms with Crippen LogP contribution in [0.2, 0.25) is 0 Å². The first-order valence-corrected chi connectivity index (χ1v) is 12.9. The quantitative estimate of drug-likeness (QED) is 0.425. The Morgan fingerprint density at radius 3 is 2.63 bits per heavy atom. The summed E-state index contributed by atoms with van der Waals surface area (Å²) in [6.07, 6.45) is 5.33. The molecule has 0 unspecified atom stereocenters. The topological polar surface area (TPSA) is 124 Å². The van der Waals surface area contributed by atoms with Crippen molar-refractivity contribution in [3.05, 3.63) is 78.1 Å². The molecule has 0 saturated heterocycles. The minimum absolute atomic E-state index is 0.0669. The second kappa shape index (κ2) is 13.2. The number of carbonyl (C=O) groups is 3. The SMILES string of the molecule is O=C1CCCN(C(=O)CNc2cccnc2)CCCNC(=O)c2cccc(c2)-c2cc(ccc2O)CCN1. The third-order valence-electron chi connectivity index (χ3n) is 6.41. The summed E-state index contributed by atoms with van der Waals surface area (Å²) >= 11 is 0. The second-order valence-electron chi connectivity index (χ2n) is 9.22. The van der Waals surface area contributed by atoms with Crippen LogP contribution in [0.4, 0.5) is 5.69 Å². The Labute approximate surface area is 222 Å². The highest BCUT2D eigenvalue weighted by atomic mass is 16.3. The summed E-state index contributed by atoms with van der Waals surface area (Å²) in [5, 5.41) is 19.4. The number of phenolic OH excluding ortho intramolecular Hbond substituents is 1. The van der Waals surface area contributed by atoms with E-state index in [0.717, 1.165) is 16.8 Å². The van der Waals surface area contributed by atoms with Gasteiger partial charge in [-0.2, -0.15) is 0 Å². The fourth-order valence-electron chi connectivity index (χ4n) is 4.35. The van der Waals surface area contributed by atoms with Crippen LogP contribution in [0, 0.1) is 0 Å². The molecule has 0 radical (unpaired) electrons. The number of phenols is 1. The Balaban J connectivity index is 1.46. The van der Waals surface area contributed by atoms with Crippen LogP contribution < -0.4 is 16.0 Å². The van der Waals surface area contributed by atoms with Gasteiger partial charge in [-0.1, -0.05) is 18.2 Å². The van der Waals surface area contributed by atoms with Crippen LogP contribution in [-0.4, -0.2) is 65.4 Å². The molecule has 0 aliphatic carbocycles. The summed E-state index contributed by atoms with van der Waals surface area (Å²) in [6.45, 7) is 1.86. The lowest BCUT2D eigenvalue weighted by atomic mass is 9.98. The van der Waals surface area contributed by atoms with Crippen molar-refractivity contribution >= 4 is 23.4 Å². The number of carbonyl (C=O) groups excluding carboxylic acids is 3. The van der Waals surface area contributed by atoms with Gasteiger partial charge in [-0.15, -0.1) is 0 Å². The largest absolute Gasteiger partial charge is 0.507 e. The smallest absolute Gasteiger partial charge is 0.251 e. The van der Waals surface area contributed by atoms with E-state index < -0.39 is 0 Å². The molecule has 4 bridgehead atoms. The highest BCUT2D eigenvalue weighted by Crippen LogP contribution is 2.30. The molecule has 2 aromatic carbocycles. The molecule has 0 atom stereocenters. The first kappa shape index (κ1) is 26.7. The van der Waals surface area contributed by atoms with Crippen molar-refractivity contribution in [2.45, 2.75) is 25.7 Å². The average Bonchev–Trinajstić information content (AvgIpc) is 2.94. The van der Waals surface area contributed by atoms with Crippen molar-refractivity contribution in [3.8, 4) is 16.9 Å². The van der Waals surface area contributed by atoms with Crippen molar-refractivity contribution in [1.29, 1.82) is 0 Å². The number of nitrogens with zero attached hydrogens (tertiary/aromatic N) is 2. The zero-order valence-corrected chi connectivity index (χ0v) is 21.3. The van der Waals surface area contributed by atoms with Crippen molar-refractivity contribution in [2.24, 2.45) is 0 Å². The van der Waals surface area contributed by atoms with E-state index in [4.69, 9.17) is 0 Å². The number of amides is 3. The Morgan fingerprint density at radius 2 is 1.79 bits per heavy atom. The number of anilines is 1. The first-order valence-electron chi connectivity index (χ1n) is 12.9. The van der Waals surface area contributed by atoms with Crippen LogP contribution >= 0.6 is 0 Å². The van der Waals surface area contributed by atoms with E-state index in [-0.39, 0.29) is 30.0 Å². The number of nitrogens with one attached hydrogen (secondary N) is 3. The molecule has 1 aliphatic heterocycles. The van der Waals surface area contributed by atoms with Gasteiger partial charge in [0.05, 0.1) is 12.2 Å². The highest BCUT2D eigenvalue weighted by molar-refractivity contribution is 5.95. The van der Waals surface area contributed by atoms with E-state index in [1.807, 2.05) is 24.3 Å². The van der Waals surface area contributed by atoms with Crippen LogP contribution in [0.25, 0.3) is 11.1 Å². The van der Waals surface area contributed by atoms with Crippen molar-refractivity contribution in [3.63, 3.8) is 0 Å². The molecule has 4 N–H and O–H groups in total. The summed E-state index contributed by atoms with van der Waals surface area (Å²) in [6, 6.07) is 16.1. The van der Waals surface area contributed by atoms with Gasteiger partial charge in [-0.25, -0.2) is 0 Å². The lowest BCUT2D eigenvalue weighted by molar-refractivity contribution is -0.130. The predicted molar refractivity (Wildman–Crippen MR) is 146 cm³/mol. The molecule has 38 heavy (non-hydrogen) atoms. The number of rotatable bonds is 3. The summed E-state index contributed by atoms with van der Waals surface area (Å²) in [5.74, 6) is -0.239. The van der Waals surface area contributed by atoms with Gasteiger partial charge in [0, 0.05) is 56.1 Å². The van der Waals surface area contributed by atoms with Crippen molar-refractivity contribution < 1.29 is 19.5 Å². The van der Waals surface area contributed by atoms with E-state index >= 15 is 0 Å². The zero-order chi connectivity index (χ0) is 26.7. The van der Waals surface area contributed by atoms with E-state index in [1.165, 1.54) is 0 Å². The number of pyridine rings is 1. The van der Waals surface area contributed by atoms with Gasteiger partial charge in [0.25, 0.3) is 5.91 Å². The summed E-state index contributed by atoms with van der Waals surface area (Å²) < 4.78 is 0. The summed E-state index contributed by atoms with van der Waals surface area (Å²) in [5.41, 5.74) is 3.58. The number of hydrogen-bond acceptors (Lipinski definition) is 6. The first-order chi connectivity index (χ1) is 18.5. The van der Waals surface area contributed by atoms with E-state index in [9.17, 15) is 19.5 Å². The monoisotopic (exact) mass is 515 g/mol. The Morgan fingerprint density at radius 1 is 0.947 bits per heavy atom. The molecule has 2 heterocycles. The van der Waals surface area contributed by atoms with E-state index in [0.29, 0.717) is 63.0 Å². The molecule has 3 amide bonds. The molecule has 198 valence electrons. The maximum Gasteiger partial charge on any atom is 0.251 e. The normalized spacial score (nSPS) is 15.3. The van der Waals surface area contributed by atoms with Crippen LogP contribution in [0.15, 0.2) is 67.0 Å². The van der Waals surface area contributed by atoms with E-state index in [2.05, 4.69) is 20.9 Å². The highest BCUT2D eigenvalue weighted by Gasteiger charge is 2.15. The molecule has 9 heteroatoms. The van der Waals surface area contributed by atoms with Crippen LogP contribution in [-0.2, 0) is 16.0 Å². The Kier molecular flexibility index (Phi) is 9.28. The molecule has 0 fully saturated rings. The lowest BCUT2D eigenvalue weighted by Crippen LogP contribution is -2.39. The standard InChI is InChI=1S/C29H33N5O4/c35-26-10-9-21-11-14-31-27(36)8-3-15-34(28(37)20-33-24-7-2-12-30-19-24)16-4-13-32-29(38)23-6-1-5-22(18-23)25(26)17-21/h1-2,5-7,9-10,12,17-19,33,35H,3-4,8,11,13-16,20H2,(H,31,36)(H,32,38). The molecular weight excluding hydrogens is 482 g/mol. The molecule has 0 saturated carbocycles. The second-order valence-corrected chi connectivity index (χ2v) is 9.22. The summed E-state index contributed by atoms with van der Waals surface area (Å²) in [4.78, 5) is 44.0. The maximum absolute atomic E-state index is 12.9. The van der Waals surface area contributed by atoms with Gasteiger partial charge in [-0.3, -0.25) is 19.4 Å². The van der Waals surface area contributed by atoms with Gasteiger partial charge in [0.15, 0.2) is 0 Å². The third-order valence-corrected chi connectivity index (χ3v) is 6.41. The number of hydrogen-bond donors (Lipinski definition) is 4. The molecular formula is C29H33N5O4. The van der Waals surface area contributed by atoms with Crippen molar-refractivity contribution in [2.75, 3.05) is 38.0 Å². The number of aromatic hydroxyl groups is 1. The van der Waals surface area contributed by atoms with Crippen molar-refractivity contribution in [1.82, 2.24) is 20.5 Å². The molecule has 3 aromatic rings. The Bertz CT molecular complexity index is 1260. The van der Waals surface area contributed by atoms with Gasteiger partial charge in [-0.05, 0) is 66.8 Å². The van der Waals surface area contributed by atoms with Crippen LogP contribution in [0.5, 0.6) is 5.75 Å². The average molecular weight is 516 g/mol. The number of benzene rings is 2. The Hall–Kier alpha value is -4.40. The number of fused-ring (bicyclic) bond motifs is 5. The molecule has 4 rings (SSSR count). The molecule has 1 aromatic heterocycles. The minimum atomic E-state index is -0.216. The number of aromatic nitrogens is 1. The van der Waals surface area contributed by atoms with Crippen LogP contribution in [0.1, 0.15) is 35.2 Å². The van der Waals surface area contributed by atoms with Gasteiger partial charge < -0.3 is 26.0 Å². The molecule has 1 aliphatic rings. The van der Waals surface area contributed by atoms with Gasteiger partial charge in [0.2, 0.25) is 11.8 Å². The maximum atomic E-state index is 12.9. The summed E-state index contributed by atoms with van der Waals surface area (Å²) in [7, 11) is 0. The van der Waals surface area contributed by atoms with Gasteiger partial charge >= 0.3 is 0 Å². The van der Waals surface area contributed by atoms with Gasteiger partial charge in [0.1, 0.15) is 5.75 Å². The van der Waals surface area contributed by atoms with Crippen LogP contribution in [0.3, 0.4) is 0 Å². The fourth-order valence-corrected chi connectivity index (χ4v) is 4.35. The predicted octanol–water partition coefficient (Wildman–Crippen LogP) is 2.97. The molecule has 0 spiro atoms. The lowest BCUT2D eigenvalue weighted by Gasteiger charge is -2.23.